The highest BCUT2D eigenvalue weighted by molar-refractivity contribution is 6.10. The Bertz CT molecular complexity index is 4450. The van der Waals surface area contributed by atoms with Crippen LogP contribution in [0.15, 0.2) is 175 Å². The molecule has 0 radical (unpaired) electrons. The Morgan fingerprint density at radius 2 is 1.26 bits per heavy atom. The van der Waals surface area contributed by atoms with Gasteiger partial charge in [-0.3, -0.25) is 28.3 Å². The number of ketones is 1. The molecule has 1 aliphatic rings. The molecule has 7 heterocycles. The van der Waals surface area contributed by atoms with Crippen LogP contribution in [0.1, 0.15) is 103 Å². The van der Waals surface area contributed by atoms with E-state index in [9.17, 15) is 19.2 Å². The zero-order chi connectivity index (χ0) is 56.9. The average molecular weight is 1090 g/mol. The van der Waals surface area contributed by atoms with E-state index in [1.165, 1.54) is 15.2 Å². The van der Waals surface area contributed by atoms with E-state index in [-0.39, 0.29) is 59.1 Å². The summed E-state index contributed by atoms with van der Waals surface area (Å²) in [6.07, 6.45) is 15.4. The number of anilines is 2. The molecular formula is C62H55N15O5. The Morgan fingerprint density at radius 3 is 1.84 bits per heavy atom. The summed E-state index contributed by atoms with van der Waals surface area (Å²) in [6.45, 7) is 3.74. The quantitative estimate of drug-likeness (QED) is 0.0972. The van der Waals surface area contributed by atoms with Gasteiger partial charge in [0.25, 0.3) is 11.5 Å². The second-order valence-electron chi connectivity index (χ2n) is 18.8. The van der Waals surface area contributed by atoms with Crippen LogP contribution < -0.4 is 28.1 Å². The summed E-state index contributed by atoms with van der Waals surface area (Å²) in [4.78, 5) is 60.0. The third-order valence-corrected chi connectivity index (χ3v) is 13.2. The second-order valence-corrected chi connectivity index (χ2v) is 18.8. The van der Waals surface area contributed by atoms with Gasteiger partial charge in [-0.1, -0.05) is 110 Å². The number of rotatable bonds is 7. The molecular weight excluding hydrogens is 1030 g/mol. The fourth-order valence-corrected chi connectivity index (χ4v) is 9.48. The van der Waals surface area contributed by atoms with Crippen molar-refractivity contribution >= 4 is 57.4 Å². The van der Waals surface area contributed by atoms with Gasteiger partial charge in [-0.2, -0.15) is 10.2 Å². The second kappa shape index (κ2) is 23.8. The van der Waals surface area contributed by atoms with Gasteiger partial charge in [0.1, 0.15) is 11.1 Å². The predicted octanol–water partition coefficient (Wildman–Crippen LogP) is 7.42. The molecule has 1 unspecified atom stereocenters. The Hall–Kier alpha value is -11.2. The number of nitrogens with two attached hydrogens (primary N) is 3. The number of benzene rings is 4. The molecule has 0 saturated heterocycles. The summed E-state index contributed by atoms with van der Waals surface area (Å²) in [5.41, 5.74) is 25.8. The van der Waals surface area contributed by atoms with Crippen molar-refractivity contribution in [1.82, 2.24) is 58.6 Å². The number of aromatic carboxylic acids is 1. The van der Waals surface area contributed by atoms with Crippen LogP contribution in [0.2, 0.25) is 0 Å². The number of nitrogen functional groups attached to an aromatic ring is 2. The highest BCUT2D eigenvalue weighted by Crippen LogP contribution is 2.38. The van der Waals surface area contributed by atoms with Gasteiger partial charge in [-0.05, 0) is 78.4 Å². The predicted molar refractivity (Wildman–Crippen MR) is 314 cm³/mol. The Morgan fingerprint density at radius 1 is 0.695 bits per heavy atom. The number of nitrogens with one attached hydrogen (secondary N) is 1. The summed E-state index contributed by atoms with van der Waals surface area (Å²) in [5, 5.41) is 29.2. The molecule has 8 N–H and O–H groups in total. The summed E-state index contributed by atoms with van der Waals surface area (Å²) in [5.74, 6) is 10.7. The van der Waals surface area contributed by atoms with E-state index in [0.717, 1.165) is 33.4 Å². The largest absolute Gasteiger partial charge is 0.477 e. The number of carboxylic acids is 1. The molecule has 20 nitrogen and oxygen atoms in total. The Labute approximate surface area is 470 Å². The van der Waals surface area contributed by atoms with Gasteiger partial charge in [-0.25, -0.2) is 23.8 Å². The summed E-state index contributed by atoms with van der Waals surface area (Å²) < 4.78 is 7.78. The average Bonchev–Trinajstić information content (AvgIpc) is 4.25. The number of para-hydroxylation sites is 1. The van der Waals surface area contributed by atoms with Crippen LogP contribution in [0.25, 0.3) is 33.8 Å². The first kappa shape index (κ1) is 55.5. The van der Waals surface area contributed by atoms with Crippen molar-refractivity contribution in [3.05, 3.63) is 237 Å². The minimum Gasteiger partial charge on any atom is -0.477 e. The van der Waals surface area contributed by atoms with E-state index in [0.29, 0.717) is 38.9 Å². The van der Waals surface area contributed by atoms with E-state index in [1.54, 1.807) is 57.0 Å². The summed E-state index contributed by atoms with van der Waals surface area (Å²) in [7, 11) is 3.67. The van der Waals surface area contributed by atoms with Crippen LogP contribution in [-0.2, 0) is 14.1 Å². The minimum atomic E-state index is -1.12. The van der Waals surface area contributed by atoms with E-state index in [4.69, 9.17) is 22.3 Å². The van der Waals surface area contributed by atoms with Crippen LogP contribution in [0.3, 0.4) is 0 Å². The monoisotopic (exact) mass is 1090 g/mol. The van der Waals surface area contributed by atoms with Gasteiger partial charge in [-0.15, -0.1) is 10.2 Å². The molecule has 408 valence electrons. The van der Waals surface area contributed by atoms with Gasteiger partial charge in [0.2, 0.25) is 0 Å². The first-order valence-electron chi connectivity index (χ1n) is 25.3. The smallest absolute Gasteiger partial charge is 0.343 e. The molecule has 4 aromatic carbocycles. The summed E-state index contributed by atoms with van der Waals surface area (Å²) >= 11 is 0. The molecule has 20 heteroatoms. The molecule has 11 aromatic rings. The van der Waals surface area contributed by atoms with Gasteiger partial charge in [0, 0.05) is 85.4 Å². The zero-order valence-electron chi connectivity index (χ0n) is 44.1. The molecule has 0 aliphatic heterocycles. The number of hydrogen-bond acceptors (Lipinski definition) is 13. The first-order valence-corrected chi connectivity index (χ1v) is 25.3. The highest BCUT2D eigenvalue weighted by atomic mass is 16.4. The van der Waals surface area contributed by atoms with Crippen LogP contribution in [0.4, 0.5) is 11.6 Å². The maximum absolute atomic E-state index is 14.2. The van der Waals surface area contributed by atoms with E-state index in [2.05, 4.69) is 59.4 Å². The number of amides is 1. The van der Waals surface area contributed by atoms with E-state index < -0.39 is 17.9 Å². The first-order chi connectivity index (χ1) is 39.1. The van der Waals surface area contributed by atoms with Gasteiger partial charge >= 0.3 is 5.97 Å². The molecule has 7 aromatic heterocycles. The lowest BCUT2D eigenvalue weighted by molar-refractivity contribution is 0.0699. The van der Waals surface area contributed by atoms with Crippen molar-refractivity contribution in [3.8, 4) is 29.4 Å². The third kappa shape index (κ3) is 11.4. The lowest BCUT2D eigenvalue weighted by atomic mass is 9.75. The number of fused-ring (bicyclic) bond motifs is 4. The topological polar surface area (TPSA) is 280 Å². The van der Waals surface area contributed by atoms with Gasteiger partial charge in [0.15, 0.2) is 28.7 Å². The van der Waals surface area contributed by atoms with Crippen molar-refractivity contribution in [2.75, 3.05) is 11.5 Å². The number of carbonyl (C=O) groups excluding carboxylic acids is 2. The van der Waals surface area contributed by atoms with Crippen molar-refractivity contribution < 1.29 is 19.5 Å². The van der Waals surface area contributed by atoms with Crippen LogP contribution in [0, 0.1) is 23.7 Å². The zero-order valence-corrected chi connectivity index (χ0v) is 44.1. The fraction of sp³-hybridized carbons (Fsp3) is 0.129. The van der Waals surface area contributed by atoms with Crippen molar-refractivity contribution in [1.29, 1.82) is 0 Å². The number of carbonyl (C=O) groups is 3. The lowest BCUT2D eigenvalue weighted by Crippen LogP contribution is -2.32. The third-order valence-electron chi connectivity index (χ3n) is 13.2. The molecule has 82 heavy (non-hydrogen) atoms. The molecule has 12 rings (SSSR count). The fourth-order valence-electron chi connectivity index (χ4n) is 9.48. The van der Waals surface area contributed by atoms with Crippen molar-refractivity contribution in [2.24, 2.45) is 19.8 Å². The molecule has 0 bridgehead atoms. The number of hydrogen-bond donors (Lipinski definition) is 5. The Balaban J connectivity index is 0.000000166. The van der Waals surface area contributed by atoms with Gasteiger partial charge in [0.05, 0.1) is 40.9 Å². The maximum atomic E-state index is 14.2. The molecule has 3 atom stereocenters. The number of Topliss-reactive ketones (excluding diaryl/α,β-unsaturated/α-hetero) is 1. The van der Waals surface area contributed by atoms with Gasteiger partial charge < -0.3 is 27.6 Å². The molecule has 0 spiro atoms. The molecule has 0 saturated carbocycles. The maximum Gasteiger partial charge on any atom is 0.343 e. The van der Waals surface area contributed by atoms with Crippen LogP contribution in [-0.4, -0.2) is 82.1 Å². The highest BCUT2D eigenvalue weighted by Gasteiger charge is 2.34. The van der Waals surface area contributed by atoms with Crippen LogP contribution >= 0.6 is 0 Å². The lowest BCUT2D eigenvalue weighted by Gasteiger charge is -2.28. The number of aromatic nitrogens is 11. The van der Waals surface area contributed by atoms with E-state index >= 15 is 0 Å². The number of carboxylic acid groups (broad SMARTS) is 1. The standard InChI is InChI=1S/C30H24N8O2.C24H21N3O.C7H6N4O2.CH4/c1-19(34-29(39)26-27(31)35-37-15-7-14-32-28(26)37)24-16-22-9-6-8-21(13-12-20-17-33-36(2)18-20)25(22)30(40)38(24)23-10-4-3-5-11-23;1-16(25)21-13-20-10-6-9-19(12-11-17-14-26-27(2)15-17)22(20)24(28)23(21)18-7-4-3-5-8-18;8-5-4(7(12)13)6-9-2-1-3-11(6)10-5;/h3-11,14-19H,1-2H3,(H2,31,35)(H,34,39);3-10,13-16,23H,25H2,1-2H3;1-3H,(H2,8,10)(H,12,13);1H4/t19-;16-,23?;;/m00../s1. The normalized spacial score (nSPS) is 13.1. The number of aryl methyl sites for hydroxylation is 2. The minimum absolute atomic E-state index is 0. The van der Waals surface area contributed by atoms with Crippen molar-refractivity contribution in [3.63, 3.8) is 0 Å². The van der Waals surface area contributed by atoms with E-state index in [1.807, 2.05) is 150 Å². The molecule has 1 amide bonds. The number of nitrogens with zero attached hydrogens (tertiary/aromatic N) is 11. The molecule has 1 aliphatic carbocycles. The molecule has 0 fully saturated rings. The SMILES string of the molecule is C.C[C@H](N)C1=Cc2cccc(C#Cc3cnn(C)c3)c2C(=O)C1c1ccccc1.C[C@H](NC(=O)c1c(N)nn2cccnc12)c1cc2cccc(C#Cc3cnn(C)c3)c2c(=O)n1-c1ccccc1.Nc1nn2cccnc2c1C(=O)O. The number of pyridine rings is 1. The summed E-state index contributed by atoms with van der Waals surface area (Å²) in [6, 6.07) is 34.9. The Kier molecular flexibility index (Phi) is 16.1. The van der Waals surface area contributed by atoms with Crippen LogP contribution in [0.5, 0.6) is 0 Å². The van der Waals surface area contributed by atoms with Crippen molar-refractivity contribution in [2.45, 2.75) is 39.3 Å².